The molecular formula is C13H27NO3S. The first kappa shape index (κ1) is 15.9. The Morgan fingerprint density at radius 1 is 1.33 bits per heavy atom. The van der Waals surface area contributed by atoms with Crippen LogP contribution in [0.4, 0.5) is 0 Å². The van der Waals surface area contributed by atoms with Crippen molar-refractivity contribution in [3.8, 4) is 0 Å². The van der Waals surface area contributed by atoms with Crippen LogP contribution in [0.3, 0.4) is 0 Å². The molecule has 4 nitrogen and oxygen atoms in total. The van der Waals surface area contributed by atoms with Gasteiger partial charge in [-0.1, -0.05) is 27.7 Å². The Hall–Kier alpha value is -0.130. The van der Waals surface area contributed by atoms with Crippen LogP contribution >= 0.6 is 0 Å². The van der Waals surface area contributed by atoms with Gasteiger partial charge in [0.1, 0.15) is 0 Å². The van der Waals surface area contributed by atoms with Crippen molar-refractivity contribution in [2.24, 2.45) is 11.3 Å². The molecule has 1 saturated heterocycles. The minimum absolute atomic E-state index is 0.0343. The maximum absolute atomic E-state index is 12.2. The fourth-order valence-corrected chi connectivity index (χ4v) is 4.14. The molecule has 1 N–H and O–H groups in total. The van der Waals surface area contributed by atoms with Crippen molar-refractivity contribution in [2.75, 3.05) is 18.8 Å². The van der Waals surface area contributed by atoms with Crippen LogP contribution in [0.1, 0.15) is 47.0 Å². The maximum atomic E-state index is 12.2. The Bertz CT molecular complexity index is 359. The second kappa shape index (κ2) is 5.88. The lowest BCUT2D eigenvalue weighted by Crippen LogP contribution is -2.46. The summed E-state index contributed by atoms with van der Waals surface area (Å²) in [4.78, 5) is 0. The maximum Gasteiger partial charge on any atom is 0.214 e. The third-order valence-electron chi connectivity index (χ3n) is 3.68. The van der Waals surface area contributed by atoms with Gasteiger partial charge in [-0.2, -0.15) is 0 Å². The Morgan fingerprint density at radius 2 is 1.94 bits per heavy atom. The van der Waals surface area contributed by atoms with Gasteiger partial charge < -0.3 is 5.11 Å². The average Bonchev–Trinajstić information content (AvgIpc) is 2.26. The van der Waals surface area contributed by atoms with E-state index in [-0.39, 0.29) is 23.2 Å². The van der Waals surface area contributed by atoms with E-state index in [2.05, 4.69) is 20.8 Å². The van der Waals surface area contributed by atoms with Crippen LogP contribution in [0.15, 0.2) is 0 Å². The van der Waals surface area contributed by atoms with Crippen LogP contribution in [0.5, 0.6) is 0 Å². The van der Waals surface area contributed by atoms with Gasteiger partial charge in [0.15, 0.2) is 0 Å². The Morgan fingerprint density at radius 3 is 2.44 bits per heavy atom. The Labute approximate surface area is 111 Å². The van der Waals surface area contributed by atoms with E-state index in [4.69, 9.17) is 0 Å². The SMILES string of the molecule is CCC1CN(S(=O)(=O)CCC(C)(C)C)CCC1O. The fourth-order valence-electron chi connectivity index (χ4n) is 2.20. The predicted molar refractivity (Wildman–Crippen MR) is 73.8 cm³/mol. The van der Waals surface area contributed by atoms with Crippen molar-refractivity contribution < 1.29 is 13.5 Å². The van der Waals surface area contributed by atoms with Crippen LogP contribution < -0.4 is 0 Å². The molecule has 1 aliphatic heterocycles. The highest BCUT2D eigenvalue weighted by Crippen LogP contribution is 2.25. The monoisotopic (exact) mass is 277 g/mol. The summed E-state index contributed by atoms with van der Waals surface area (Å²) in [7, 11) is -3.16. The molecular weight excluding hydrogens is 250 g/mol. The van der Waals surface area contributed by atoms with Gasteiger partial charge in [0, 0.05) is 13.1 Å². The second-order valence-corrected chi connectivity index (χ2v) is 8.60. The van der Waals surface area contributed by atoms with Crippen molar-refractivity contribution in [3.63, 3.8) is 0 Å². The van der Waals surface area contributed by atoms with Crippen molar-refractivity contribution in [2.45, 2.75) is 53.1 Å². The zero-order valence-electron chi connectivity index (χ0n) is 12.0. The molecule has 108 valence electrons. The first-order chi connectivity index (χ1) is 8.15. The van der Waals surface area contributed by atoms with Gasteiger partial charge in [0.25, 0.3) is 0 Å². The van der Waals surface area contributed by atoms with E-state index in [9.17, 15) is 13.5 Å². The summed E-state index contributed by atoms with van der Waals surface area (Å²) in [5.74, 6) is 0.298. The van der Waals surface area contributed by atoms with Gasteiger partial charge >= 0.3 is 0 Å². The fraction of sp³-hybridized carbons (Fsp3) is 1.00. The van der Waals surface area contributed by atoms with E-state index in [1.807, 2.05) is 6.92 Å². The number of sulfonamides is 1. The highest BCUT2D eigenvalue weighted by atomic mass is 32.2. The lowest BCUT2D eigenvalue weighted by Gasteiger charge is -2.35. The van der Waals surface area contributed by atoms with Crippen LogP contribution in [0.2, 0.25) is 0 Å². The standard InChI is InChI=1S/C13H27NO3S/c1-5-11-10-14(8-6-12(11)15)18(16,17)9-7-13(2,3)4/h11-12,15H,5-10H2,1-4H3. The lowest BCUT2D eigenvalue weighted by atomic mass is 9.94. The number of nitrogens with zero attached hydrogens (tertiary/aromatic N) is 1. The molecule has 2 atom stereocenters. The summed E-state index contributed by atoms with van der Waals surface area (Å²) in [5.41, 5.74) is 0.0343. The summed E-state index contributed by atoms with van der Waals surface area (Å²) >= 11 is 0. The van der Waals surface area contributed by atoms with Crippen molar-refractivity contribution in [1.82, 2.24) is 4.31 Å². The Kier molecular flexibility index (Phi) is 5.21. The average molecular weight is 277 g/mol. The molecule has 0 aliphatic carbocycles. The van der Waals surface area contributed by atoms with Crippen LogP contribution in [-0.2, 0) is 10.0 Å². The molecule has 1 aliphatic rings. The van der Waals surface area contributed by atoms with Gasteiger partial charge in [0.2, 0.25) is 10.0 Å². The minimum Gasteiger partial charge on any atom is -0.393 e. The zero-order chi connectivity index (χ0) is 14.0. The topological polar surface area (TPSA) is 57.6 Å². The molecule has 1 heterocycles. The molecule has 1 rings (SSSR count). The number of piperidine rings is 1. The number of hydrogen-bond acceptors (Lipinski definition) is 3. The summed E-state index contributed by atoms with van der Waals surface area (Å²) in [6.45, 7) is 9.10. The first-order valence-electron chi connectivity index (χ1n) is 6.81. The molecule has 0 amide bonds. The van der Waals surface area contributed by atoms with Gasteiger partial charge in [-0.3, -0.25) is 0 Å². The number of rotatable bonds is 4. The van der Waals surface area contributed by atoms with Gasteiger partial charge in [-0.15, -0.1) is 0 Å². The minimum atomic E-state index is -3.16. The van der Waals surface area contributed by atoms with E-state index < -0.39 is 10.0 Å². The first-order valence-corrected chi connectivity index (χ1v) is 8.42. The smallest absolute Gasteiger partial charge is 0.214 e. The Balaban J connectivity index is 2.63. The van der Waals surface area contributed by atoms with E-state index >= 15 is 0 Å². The second-order valence-electron chi connectivity index (χ2n) is 6.51. The largest absolute Gasteiger partial charge is 0.393 e. The summed E-state index contributed by atoms with van der Waals surface area (Å²) < 4.78 is 26.1. The number of hydrogen-bond donors (Lipinski definition) is 1. The molecule has 0 bridgehead atoms. The molecule has 0 aromatic carbocycles. The van der Waals surface area contributed by atoms with Crippen molar-refractivity contribution in [3.05, 3.63) is 0 Å². The molecule has 0 aromatic heterocycles. The normalized spacial score (nSPS) is 27.4. The van der Waals surface area contributed by atoms with E-state index in [1.54, 1.807) is 4.31 Å². The molecule has 5 heteroatoms. The molecule has 0 spiro atoms. The number of aliphatic hydroxyl groups is 1. The highest BCUT2D eigenvalue weighted by molar-refractivity contribution is 7.89. The number of aliphatic hydroxyl groups excluding tert-OH is 1. The van der Waals surface area contributed by atoms with E-state index in [0.29, 0.717) is 25.9 Å². The molecule has 2 unspecified atom stereocenters. The molecule has 18 heavy (non-hydrogen) atoms. The predicted octanol–water partition coefficient (Wildman–Crippen LogP) is 1.85. The van der Waals surface area contributed by atoms with E-state index in [0.717, 1.165) is 6.42 Å². The summed E-state index contributed by atoms with van der Waals surface area (Å²) in [6.07, 6.45) is 1.72. The van der Waals surface area contributed by atoms with Gasteiger partial charge in [-0.25, -0.2) is 12.7 Å². The van der Waals surface area contributed by atoms with Crippen molar-refractivity contribution in [1.29, 1.82) is 0 Å². The van der Waals surface area contributed by atoms with Gasteiger partial charge in [0.05, 0.1) is 11.9 Å². The third kappa shape index (κ3) is 4.52. The quantitative estimate of drug-likeness (QED) is 0.853. The highest BCUT2D eigenvalue weighted by Gasteiger charge is 2.33. The van der Waals surface area contributed by atoms with Crippen LogP contribution in [-0.4, -0.2) is 42.8 Å². The molecule has 0 aromatic rings. The zero-order valence-corrected chi connectivity index (χ0v) is 12.8. The third-order valence-corrected chi connectivity index (χ3v) is 5.52. The molecule has 0 radical (unpaired) electrons. The molecule has 0 saturated carbocycles. The van der Waals surface area contributed by atoms with Crippen LogP contribution in [0.25, 0.3) is 0 Å². The van der Waals surface area contributed by atoms with Gasteiger partial charge in [-0.05, 0) is 30.6 Å². The van der Waals surface area contributed by atoms with Crippen LogP contribution in [0, 0.1) is 11.3 Å². The van der Waals surface area contributed by atoms with Crippen molar-refractivity contribution >= 4 is 10.0 Å². The lowest BCUT2D eigenvalue weighted by molar-refractivity contribution is 0.0520. The summed E-state index contributed by atoms with van der Waals surface area (Å²) in [6, 6.07) is 0. The van der Waals surface area contributed by atoms with E-state index in [1.165, 1.54) is 0 Å². The molecule has 1 fully saturated rings. The summed E-state index contributed by atoms with van der Waals surface area (Å²) in [5, 5.41) is 9.79.